The molecule has 6 nitrogen and oxygen atoms in total. The number of anilines is 1. The third-order valence-corrected chi connectivity index (χ3v) is 4.07. The number of hydrogen-bond acceptors (Lipinski definition) is 4. The summed E-state index contributed by atoms with van der Waals surface area (Å²) in [4.78, 5) is 35.8. The Morgan fingerprint density at radius 3 is 2.77 bits per heavy atom. The van der Waals surface area contributed by atoms with Crippen molar-refractivity contribution in [3.05, 3.63) is 52.2 Å². The maximum atomic E-state index is 12.0. The van der Waals surface area contributed by atoms with Gasteiger partial charge in [0.1, 0.15) is 6.04 Å². The van der Waals surface area contributed by atoms with Crippen molar-refractivity contribution in [2.45, 2.75) is 12.5 Å². The fraction of sp³-hybridized carbons (Fsp3) is 0.133. The quantitative estimate of drug-likeness (QED) is 0.752. The van der Waals surface area contributed by atoms with E-state index in [9.17, 15) is 14.4 Å². The van der Waals surface area contributed by atoms with E-state index in [4.69, 9.17) is 0 Å². The van der Waals surface area contributed by atoms with Gasteiger partial charge in [0.2, 0.25) is 5.91 Å². The van der Waals surface area contributed by atoms with Crippen molar-refractivity contribution in [2.24, 2.45) is 0 Å². The van der Waals surface area contributed by atoms with E-state index in [0.29, 0.717) is 17.7 Å². The average molecular weight is 315 g/mol. The largest absolute Gasteiger partial charge is 0.326 e. The molecule has 2 heterocycles. The zero-order chi connectivity index (χ0) is 15.5. The van der Waals surface area contributed by atoms with Crippen LogP contribution >= 0.6 is 11.3 Å². The second kappa shape index (κ2) is 5.98. The molecule has 7 heteroatoms. The Morgan fingerprint density at radius 1 is 1.23 bits per heavy atom. The zero-order valence-electron chi connectivity index (χ0n) is 11.5. The molecule has 1 aliphatic heterocycles. The highest BCUT2D eigenvalue weighted by Gasteiger charge is 2.30. The Kier molecular flexibility index (Phi) is 3.88. The number of urea groups is 1. The summed E-state index contributed by atoms with van der Waals surface area (Å²) >= 11 is 1.52. The van der Waals surface area contributed by atoms with Crippen LogP contribution in [0.4, 0.5) is 10.5 Å². The van der Waals surface area contributed by atoms with E-state index in [1.54, 1.807) is 24.3 Å². The summed E-state index contributed by atoms with van der Waals surface area (Å²) in [6.45, 7) is 0. The molecule has 0 saturated carbocycles. The van der Waals surface area contributed by atoms with Gasteiger partial charge in [0.15, 0.2) is 0 Å². The Morgan fingerprint density at radius 2 is 2.09 bits per heavy atom. The minimum absolute atomic E-state index is 0.125. The molecule has 0 radical (unpaired) electrons. The molecule has 1 aliphatic rings. The van der Waals surface area contributed by atoms with E-state index in [-0.39, 0.29) is 5.91 Å². The van der Waals surface area contributed by atoms with Gasteiger partial charge in [-0.15, -0.1) is 11.3 Å². The Hall–Kier alpha value is -2.67. The molecule has 3 rings (SSSR count). The Bertz CT molecular complexity index is 727. The maximum Gasteiger partial charge on any atom is 0.322 e. The Balaban J connectivity index is 1.70. The van der Waals surface area contributed by atoms with Gasteiger partial charge in [0.05, 0.1) is 6.42 Å². The van der Waals surface area contributed by atoms with Crippen molar-refractivity contribution >= 4 is 34.9 Å². The van der Waals surface area contributed by atoms with Crippen LogP contribution in [0.25, 0.3) is 0 Å². The van der Waals surface area contributed by atoms with Crippen LogP contribution in [-0.2, 0) is 16.0 Å². The summed E-state index contributed by atoms with van der Waals surface area (Å²) in [7, 11) is 0. The van der Waals surface area contributed by atoms with E-state index in [1.165, 1.54) is 11.3 Å². The molecule has 1 unspecified atom stereocenters. The number of nitrogens with one attached hydrogen (secondary N) is 3. The van der Waals surface area contributed by atoms with E-state index >= 15 is 0 Å². The van der Waals surface area contributed by atoms with Crippen molar-refractivity contribution in [1.29, 1.82) is 0 Å². The predicted octanol–water partition coefficient (Wildman–Crippen LogP) is 1.81. The first kappa shape index (κ1) is 14.3. The van der Waals surface area contributed by atoms with Gasteiger partial charge in [-0.25, -0.2) is 4.79 Å². The highest BCUT2D eigenvalue weighted by Crippen LogP contribution is 2.20. The lowest BCUT2D eigenvalue weighted by Crippen LogP contribution is -2.22. The van der Waals surface area contributed by atoms with E-state index in [0.717, 1.165) is 4.88 Å². The summed E-state index contributed by atoms with van der Waals surface area (Å²) in [5, 5.41) is 9.42. The maximum absolute atomic E-state index is 12.0. The number of thiophene rings is 1. The van der Waals surface area contributed by atoms with E-state index in [2.05, 4.69) is 16.0 Å². The Labute approximate surface area is 130 Å². The molecule has 3 N–H and O–H groups in total. The minimum atomic E-state index is -0.721. The number of hydrogen-bond donors (Lipinski definition) is 3. The highest BCUT2D eigenvalue weighted by atomic mass is 32.1. The van der Waals surface area contributed by atoms with Gasteiger partial charge >= 0.3 is 6.03 Å². The first-order valence-electron chi connectivity index (χ1n) is 6.65. The number of carbonyl (C=O) groups is 3. The van der Waals surface area contributed by atoms with Gasteiger partial charge < -0.3 is 10.6 Å². The van der Waals surface area contributed by atoms with Crippen molar-refractivity contribution in [3.8, 4) is 0 Å². The van der Waals surface area contributed by atoms with Gasteiger partial charge in [0, 0.05) is 10.6 Å². The fourth-order valence-electron chi connectivity index (χ4n) is 2.22. The molecule has 112 valence electrons. The van der Waals surface area contributed by atoms with Crippen LogP contribution in [-0.4, -0.2) is 17.8 Å². The molecular weight excluding hydrogens is 302 g/mol. The van der Waals surface area contributed by atoms with Gasteiger partial charge in [0.25, 0.3) is 5.91 Å². The second-order valence-corrected chi connectivity index (χ2v) is 5.86. The molecule has 2 aromatic rings. The number of rotatable bonds is 4. The third kappa shape index (κ3) is 3.15. The molecule has 1 atom stereocenters. The predicted molar refractivity (Wildman–Crippen MR) is 82.5 cm³/mol. The topological polar surface area (TPSA) is 87.3 Å². The lowest BCUT2D eigenvalue weighted by Gasteiger charge is -2.10. The summed E-state index contributed by atoms with van der Waals surface area (Å²) in [5.74, 6) is -0.522. The van der Waals surface area contributed by atoms with Crippen LogP contribution < -0.4 is 16.0 Å². The number of imide groups is 1. The SMILES string of the molecule is O=C(Cc1cccs1)Nc1cccc(C2NC(=O)NC2=O)c1. The van der Waals surface area contributed by atoms with E-state index in [1.807, 2.05) is 17.5 Å². The summed E-state index contributed by atoms with van der Waals surface area (Å²) < 4.78 is 0. The molecule has 22 heavy (non-hydrogen) atoms. The van der Waals surface area contributed by atoms with Crippen LogP contribution in [0.5, 0.6) is 0 Å². The fourth-order valence-corrected chi connectivity index (χ4v) is 2.93. The molecule has 0 aliphatic carbocycles. The highest BCUT2D eigenvalue weighted by molar-refractivity contribution is 7.10. The smallest absolute Gasteiger partial charge is 0.322 e. The normalized spacial score (nSPS) is 17.0. The number of benzene rings is 1. The van der Waals surface area contributed by atoms with Crippen LogP contribution in [0, 0.1) is 0 Å². The molecule has 1 fully saturated rings. The number of carbonyl (C=O) groups excluding carboxylic acids is 3. The van der Waals surface area contributed by atoms with Crippen molar-refractivity contribution in [1.82, 2.24) is 10.6 Å². The van der Waals surface area contributed by atoms with Crippen molar-refractivity contribution in [3.63, 3.8) is 0 Å². The molecule has 4 amide bonds. The first-order valence-corrected chi connectivity index (χ1v) is 7.53. The first-order chi connectivity index (χ1) is 10.6. The van der Waals surface area contributed by atoms with Crippen molar-refractivity contribution < 1.29 is 14.4 Å². The van der Waals surface area contributed by atoms with Gasteiger partial charge in [-0.05, 0) is 29.1 Å². The lowest BCUT2D eigenvalue weighted by atomic mass is 10.1. The summed E-state index contributed by atoms with van der Waals surface area (Å²) in [6.07, 6.45) is 0.308. The average Bonchev–Trinajstić information content (AvgIpc) is 3.08. The van der Waals surface area contributed by atoms with Crippen LogP contribution in [0.15, 0.2) is 41.8 Å². The second-order valence-electron chi connectivity index (χ2n) is 4.83. The molecule has 1 saturated heterocycles. The standard InChI is InChI=1S/C15H13N3O3S/c19-12(8-11-5-2-6-22-11)16-10-4-1-3-9(7-10)13-14(20)18-15(21)17-13/h1-7,13H,8H2,(H,16,19)(H2,17,18,20,21). The zero-order valence-corrected chi connectivity index (χ0v) is 12.3. The van der Waals surface area contributed by atoms with Crippen molar-refractivity contribution in [2.75, 3.05) is 5.32 Å². The summed E-state index contributed by atoms with van der Waals surface area (Å²) in [5.41, 5.74) is 1.21. The molecule has 0 bridgehead atoms. The molecular formula is C15H13N3O3S. The minimum Gasteiger partial charge on any atom is -0.326 e. The van der Waals surface area contributed by atoms with Crippen LogP contribution in [0.3, 0.4) is 0 Å². The molecule has 1 aromatic heterocycles. The third-order valence-electron chi connectivity index (χ3n) is 3.19. The lowest BCUT2D eigenvalue weighted by molar-refractivity contribution is -0.120. The van der Waals surface area contributed by atoms with Gasteiger partial charge in [-0.1, -0.05) is 18.2 Å². The van der Waals surface area contributed by atoms with Crippen LogP contribution in [0.2, 0.25) is 0 Å². The van der Waals surface area contributed by atoms with Gasteiger partial charge in [-0.3, -0.25) is 14.9 Å². The van der Waals surface area contributed by atoms with E-state index < -0.39 is 18.0 Å². The monoisotopic (exact) mass is 315 g/mol. The number of amides is 4. The summed E-state index contributed by atoms with van der Waals surface area (Å²) in [6, 6.07) is 9.45. The van der Waals surface area contributed by atoms with Crippen LogP contribution in [0.1, 0.15) is 16.5 Å². The van der Waals surface area contributed by atoms with Gasteiger partial charge in [-0.2, -0.15) is 0 Å². The molecule has 0 spiro atoms. The molecule has 1 aromatic carbocycles.